The summed E-state index contributed by atoms with van der Waals surface area (Å²) in [6, 6.07) is 50.4. The lowest BCUT2D eigenvalue weighted by Gasteiger charge is -2.18. The van der Waals surface area contributed by atoms with E-state index >= 15 is 0 Å². The molecule has 6 N–H and O–H groups in total. The van der Waals surface area contributed by atoms with Gasteiger partial charge in [-0.05, 0) is 141 Å². The molecule has 1 unspecified atom stereocenters. The van der Waals surface area contributed by atoms with Gasteiger partial charge in [0.05, 0.1) is 89.1 Å². The SMILES string of the molecule is CC(=O)Nc1ccc(S(=O)(=O)Nc2nc3ccccc3nc2Cl)cc1.CCCS(=O)(=O)Nc1nc2ccccc2nc1Cl.Cc1ccc(CN(C)Cc2nc(S(=O)(=O)Nc3nc4ccccc4nc3Cl)cn2C)c(C)c1.O=S(=O)(Nc1nc2ccccc2nc1Cl)c1cccs1.O=S1(=O)CCC(S(=O)(=O)Nc2nc3ccccc3nc2Cl)C1. The third kappa shape index (κ3) is 23.4. The monoisotopic (exact) mass is 1830 g/mol. The zero-order valence-electron chi connectivity index (χ0n) is 62.8. The standard InChI is InChI=1S/C23H25ClN6O2S.C16H13ClN4O3S.C12H12ClN3O4S2.C12H8ClN3O2S2.C11H12ClN3O2S/c1-15-9-10-17(16(2)11-15)12-29(3)13-20-27-21(14-30(20)4)33(31,32)28-23-22(24)25-18-7-5-6-8-19(18)26-23;1-10(22)18-11-6-8-12(9-7-11)25(23,24)21-16-15(17)19-13-4-2-3-5-14(13)20-16;13-11-12(15-10-4-2-1-3-9(10)14-11)16-22(19,20)8-5-6-21(17,18)7-8;13-11-12(15-9-5-2-1-4-8(9)14-11)16-20(17,18)10-6-3-7-19-10;1-2-7-18(16,17)15-11-10(12)13-8-5-3-4-6-9(8)14-11/h5-11,14H,12-13H2,1-4H3,(H,26,28);2-9H,1H3,(H,18,22)(H,20,21);1-4,8H,5-7H2,(H,15,16);1-7H,(H,15,16);3-6H,2,7H2,1H3,(H,14,15). The number of sulfonamides is 5. The molecule has 1 atom stereocenters. The highest BCUT2D eigenvalue weighted by Gasteiger charge is 2.38. The van der Waals surface area contributed by atoms with E-state index in [1.54, 1.807) is 133 Å². The number of nitrogens with one attached hydrogen (secondary N) is 6. The summed E-state index contributed by atoms with van der Waals surface area (Å²) >= 11 is 31.2. The van der Waals surface area contributed by atoms with Gasteiger partial charge in [0.2, 0.25) is 26.0 Å². The van der Waals surface area contributed by atoms with Gasteiger partial charge < -0.3 is 9.88 Å². The van der Waals surface area contributed by atoms with E-state index in [9.17, 15) is 55.3 Å². The summed E-state index contributed by atoms with van der Waals surface area (Å²) < 4.78 is 160. The Labute approximate surface area is 707 Å². The molecule has 44 heteroatoms. The van der Waals surface area contributed by atoms with Crippen LogP contribution in [0.4, 0.5) is 34.8 Å². The molecule has 1 amide bonds. The lowest BCUT2D eigenvalue weighted by atomic mass is 10.1. The summed E-state index contributed by atoms with van der Waals surface area (Å²) in [7, 11) is -18.4. The molecule has 0 aliphatic carbocycles. The van der Waals surface area contributed by atoms with Crippen molar-refractivity contribution >= 4 is 225 Å². The van der Waals surface area contributed by atoms with Gasteiger partial charge in [-0.2, -0.15) is 8.42 Å². The Morgan fingerprint density at radius 2 is 0.898 bits per heavy atom. The second-order valence-corrected chi connectivity index (χ2v) is 40.0. The number of fused-ring (bicyclic) bond motifs is 5. The van der Waals surface area contributed by atoms with Crippen LogP contribution in [0.15, 0.2) is 202 Å². The maximum atomic E-state index is 13.0. The topological polar surface area (TPSA) is 444 Å². The number of aryl methyl sites for hydroxylation is 3. The molecule has 1 aliphatic heterocycles. The van der Waals surface area contributed by atoms with Gasteiger partial charge in [-0.3, -0.25) is 33.3 Å². The van der Waals surface area contributed by atoms with Crippen molar-refractivity contribution in [3.8, 4) is 0 Å². The van der Waals surface area contributed by atoms with Crippen molar-refractivity contribution in [2.24, 2.45) is 7.05 Å². The number of para-hydroxylation sites is 10. The highest BCUT2D eigenvalue weighted by molar-refractivity contribution is 7.97. The van der Waals surface area contributed by atoms with Crippen LogP contribution >= 0.6 is 69.3 Å². The van der Waals surface area contributed by atoms with Gasteiger partial charge in [0.25, 0.3) is 30.1 Å². The normalized spacial score (nSPS) is 13.4. The zero-order valence-corrected chi connectivity index (χ0v) is 72.3. The van der Waals surface area contributed by atoms with Gasteiger partial charge in [-0.25, -0.2) is 96.9 Å². The number of hydrogen-bond donors (Lipinski definition) is 6. The molecule has 1 saturated heterocycles. The van der Waals surface area contributed by atoms with Crippen molar-refractivity contribution in [2.75, 3.05) is 53.2 Å². The molecule has 0 spiro atoms. The number of nitrogens with zero attached hydrogens (tertiary/aromatic N) is 13. The Bertz CT molecular complexity index is 6840. The van der Waals surface area contributed by atoms with Crippen molar-refractivity contribution in [1.82, 2.24) is 64.3 Å². The molecule has 0 saturated carbocycles. The van der Waals surface area contributed by atoms with E-state index < -0.39 is 65.2 Å². The first-order chi connectivity index (χ1) is 55.8. The van der Waals surface area contributed by atoms with Gasteiger partial charge in [0, 0.05) is 32.4 Å². The molecule has 1 aliphatic rings. The number of halogens is 5. The number of hydrogen-bond acceptors (Lipinski definition) is 26. The van der Waals surface area contributed by atoms with E-state index in [2.05, 4.69) is 121 Å². The van der Waals surface area contributed by atoms with Crippen LogP contribution in [0.25, 0.3) is 55.2 Å². The van der Waals surface area contributed by atoms with E-state index in [0.717, 1.165) is 17.9 Å². The minimum absolute atomic E-state index is 0.00706. The maximum Gasteiger partial charge on any atom is 0.282 e. The largest absolute Gasteiger partial charge is 0.335 e. The molecular formula is C74H70Cl5N19O13S7. The van der Waals surface area contributed by atoms with Crippen LogP contribution in [0.3, 0.4) is 0 Å². The predicted molar refractivity (Wildman–Crippen MR) is 462 cm³/mol. The predicted octanol–water partition coefficient (Wildman–Crippen LogP) is 13.9. The number of anilines is 6. The van der Waals surface area contributed by atoms with Crippen LogP contribution in [0, 0.1) is 13.8 Å². The van der Waals surface area contributed by atoms with E-state index in [0.29, 0.717) is 79.6 Å². The summed E-state index contributed by atoms with van der Waals surface area (Å²) in [6.07, 6.45) is 2.06. The Kier molecular flexibility index (Phi) is 28.3. The molecule has 8 heterocycles. The van der Waals surface area contributed by atoms with Crippen LogP contribution < -0.4 is 28.9 Å². The summed E-state index contributed by atoms with van der Waals surface area (Å²) in [5, 5.41) is 3.06. The van der Waals surface area contributed by atoms with Crippen LogP contribution in [0.1, 0.15) is 49.2 Å². The highest BCUT2D eigenvalue weighted by atomic mass is 35.5. The van der Waals surface area contributed by atoms with Gasteiger partial charge in [-0.1, -0.05) is 155 Å². The van der Waals surface area contributed by atoms with Crippen LogP contribution in [0.2, 0.25) is 25.8 Å². The molecule has 616 valence electrons. The molecule has 1 fully saturated rings. The maximum absolute atomic E-state index is 13.0. The third-order valence-electron chi connectivity index (χ3n) is 16.7. The van der Waals surface area contributed by atoms with Gasteiger partial charge >= 0.3 is 0 Å². The minimum atomic E-state index is -4.00. The number of carbonyl (C=O) groups is 1. The highest BCUT2D eigenvalue weighted by Crippen LogP contribution is 2.31. The quantitative estimate of drug-likeness (QED) is 0.0389. The fourth-order valence-corrected chi connectivity index (χ4v) is 21.5. The average molecular weight is 1840 g/mol. The van der Waals surface area contributed by atoms with Crippen LogP contribution in [-0.2, 0) is 84.9 Å². The molecule has 32 nitrogen and oxygen atoms in total. The summed E-state index contributed by atoms with van der Waals surface area (Å²) in [4.78, 5) is 59.1. The number of benzene rings is 7. The Balaban J connectivity index is 0.000000147. The lowest BCUT2D eigenvalue weighted by Crippen LogP contribution is -2.29. The third-order valence-corrected chi connectivity index (χ3v) is 28.6. The average Bonchev–Trinajstić information content (AvgIpc) is 1.46. The van der Waals surface area contributed by atoms with Crippen molar-refractivity contribution in [2.45, 2.75) is 73.0 Å². The molecule has 0 radical (unpaired) electrons. The number of imidazole rings is 1. The fraction of sp³-hybridized carbons (Fsp3) is 0.189. The van der Waals surface area contributed by atoms with Crippen molar-refractivity contribution in [1.29, 1.82) is 0 Å². The first kappa shape index (κ1) is 88.5. The number of rotatable bonds is 21. The Morgan fingerprint density at radius 1 is 0.500 bits per heavy atom. The number of amides is 1. The molecule has 14 aromatic rings. The summed E-state index contributed by atoms with van der Waals surface area (Å²) in [5.74, 6) is -0.188. The smallest absolute Gasteiger partial charge is 0.282 e. The van der Waals surface area contributed by atoms with E-state index in [1.165, 1.54) is 60.1 Å². The van der Waals surface area contributed by atoms with Gasteiger partial charge in [0.1, 0.15) is 10.0 Å². The van der Waals surface area contributed by atoms with E-state index in [4.69, 9.17) is 58.0 Å². The summed E-state index contributed by atoms with van der Waals surface area (Å²) in [6.45, 7) is 8.52. The molecule has 15 rings (SSSR count). The van der Waals surface area contributed by atoms with E-state index in [-0.39, 0.29) is 98.6 Å². The molecular weight excluding hydrogens is 1760 g/mol. The number of sulfone groups is 1. The zero-order chi connectivity index (χ0) is 85.1. The van der Waals surface area contributed by atoms with E-state index in [1.807, 2.05) is 25.2 Å². The molecule has 0 bridgehead atoms. The first-order valence-corrected chi connectivity index (χ1v) is 47.2. The van der Waals surface area contributed by atoms with Crippen molar-refractivity contribution < 1.29 is 55.3 Å². The van der Waals surface area contributed by atoms with Crippen molar-refractivity contribution in [3.05, 3.63) is 236 Å². The second kappa shape index (κ2) is 37.8. The lowest BCUT2D eigenvalue weighted by molar-refractivity contribution is -0.114. The number of carbonyl (C=O) groups excluding carboxylic acids is 1. The van der Waals surface area contributed by atoms with Gasteiger partial charge in [0.15, 0.2) is 69.7 Å². The summed E-state index contributed by atoms with van der Waals surface area (Å²) in [5.41, 5.74) is 9.79. The van der Waals surface area contributed by atoms with Crippen LogP contribution in [0.5, 0.6) is 0 Å². The minimum Gasteiger partial charge on any atom is -0.335 e. The number of aromatic nitrogens is 12. The second-order valence-electron chi connectivity index (χ2n) is 26.0. The molecule has 7 aromatic carbocycles. The molecule has 118 heavy (non-hydrogen) atoms. The Morgan fingerprint density at radius 3 is 1.28 bits per heavy atom. The fourth-order valence-electron chi connectivity index (χ4n) is 11.2. The Hall–Kier alpha value is -10.3. The van der Waals surface area contributed by atoms with Gasteiger partial charge in [-0.15, -0.1) is 11.3 Å². The van der Waals surface area contributed by atoms with Crippen LogP contribution in [-0.4, -0.2) is 150 Å². The molecule has 7 aromatic heterocycles. The first-order valence-electron chi connectivity index (χ1n) is 34.9. The number of thiophene rings is 1. The van der Waals surface area contributed by atoms with Crippen molar-refractivity contribution in [3.63, 3.8) is 0 Å².